The van der Waals surface area contributed by atoms with Crippen LogP contribution in [0.3, 0.4) is 0 Å². The summed E-state index contributed by atoms with van der Waals surface area (Å²) in [5.41, 5.74) is 3.30. The maximum Gasteiger partial charge on any atom is 0.249 e. The quantitative estimate of drug-likeness (QED) is 0.787. The van der Waals surface area contributed by atoms with E-state index in [2.05, 4.69) is 28.7 Å². The molecule has 1 aromatic carbocycles. The average Bonchev–Trinajstić information content (AvgIpc) is 2.59. The maximum atomic E-state index is 12.1. The Morgan fingerprint density at radius 2 is 2.12 bits per heavy atom. The highest BCUT2D eigenvalue weighted by atomic mass is 16.5. The highest BCUT2D eigenvalue weighted by molar-refractivity contribution is 5.97. The minimum Gasteiger partial charge on any atom is -0.490 e. The number of H-pyrrole nitrogens is 1. The second-order valence-corrected chi connectivity index (χ2v) is 6.26. The molecular weight excluding hydrogens is 302 g/mol. The summed E-state index contributed by atoms with van der Waals surface area (Å²) in [4.78, 5) is 21.8. The lowest BCUT2D eigenvalue weighted by molar-refractivity contribution is 0.303. The van der Waals surface area contributed by atoms with E-state index in [1.807, 2.05) is 30.3 Å². The van der Waals surface area contributed by atoms with Crippen LogP contribution in [0.1, 0.15) is 13.8 Å². The van der Waals surface area contributed by atoms with Gasteiger partial charge in [0.15, 0.2) is 0 Å². The van der Waals surface area contributed by atoms with E-state index in [0.29, 0.717) is 12.6 Å². The largest absolute Gasteiger partial charge is 0.490 e. The average molecular weight is 321 g/mol. The molecule has 1 aliphatic heterocycles. The molecule has 4 rings (SSSR count). The number of rotatable bonds is 2. The lowest BCUT2D eigenvalue weighted by atomic mass is 10.0. The zero-order valence-electron chi connectivity index (χ0n) is 13.7. The predicted molar refractivity (Wildman–Crippen MR) is 95.8 cm³/mol. The van der Waals surface area contributed by atoms with Crippen LogP contribution >= 0.6 is 0 Å². The molecule has 5 nitrogen and oxygen atoms in total. The third kappa shape index (κ3) is 2.42. The summed E-state index contributed by atoms with van der Waals surface area (Å²) in [6.07, 6.45) is 1.73. The standard InChI is InChI=1S/C19H19N3O2/c1-12(2)22-7-8-24-18-9-13-14(15-5-3-4-6-20-15)10-19(23)21-16(13)11-17(18)22/h3-6,9-12H,7-8H2,1-2H3,(H,21,23). The highest BCUT2D eigenvalue weighted by Crippen LogP contribution is 2.38. The molecule has 1 N–H and O–H groups in total. The molecule has 0 unspecified atom stereocenters. The van der Waals surface area contributed by atoms with Crippen LogP contribution in [0.2, 0.25) is 0 Å². The molecule has 0 amide bonds. The maximum absolute atomic E-state index is 12.1. The summed E-state index contributed by atoms with van der Waals surface area (Å²) in [6, 6.07) is 11.7. The van der Waals surface area contributed by atoms with Crippen molar-refractivity contribution in [3.05, 3.63) is 52.9 Å². The van der Waals surface area contributed by atoms with Gasteiger partial charge in [-0.25, -0.2) is 0 Å². The van der Waals surface area contributed by atoms with Crippen LogP contribution in [-0.4, -0.2) is 29.2 Å². The van der Waals surface area contributed by atoms with Crippen LogP contribution < -0.4 is 15.2 Å². The van der Waals surface area contributed by atoms with E-state index in [9.17, 15) is 4.79 Å². The Hall–Kier alpha value is -2.82. The second-order valence-electron chi connectivity index (χ2n) is 6.26. The number of pyridine rings is 2. The molecule has 3 aromatic rings. The van der Waals surface area contributed by atoms with Gasteiger partial charge < -0.3 is 14.6 Å². The second kappa shape index (κ2) is 5.67. The Labute approximate surface area is 139 Å². The van der Waals surface area contributed by atoms with E-state index in [1.54, 1.807) is 12.3 Å². The van der Waals surface area contributed by atoms with Crippen LogP contribution in [0.4, 0.5) is 5.69 Å². The number of hydrogen-bond acceptors (Lipinski definition) is 4. The minimum atomic E-state index is -0.129. The number of ether oxygens (including phenoxy) is 1. The van der Waals surface area contributed by atoms with Crippen LogP contribution in [0.5, 0.6) is 5.75 Å². The van der Waals surface area contributed by atoms with Crippen molar-refractivity contribution in [2.45, 2.75) is 19.9 Å². The summed E-state index contributed by atoms with van der Waals surface area (Å²) in [6.45, 7) is 5.83. The molecule has 24 heavy (non-hydrogen) atoms. The van der Waals surface area contributed by atoms with Gasteiger partial charge in [-0.05, 0) is 38.1 Å². The fourth-order valence-corrected chi connectivity index (χ4v) is 3.26. The van der Waals surface area contributed by atoms with Gasteiger partial charge in [-0.3, -0.25) is 9.78 Å². The number of nitrogens with zero attached hydrogens (tertiary/aromatic N) is 2. The van der Waals surface area contributed by atoms with Crippen LogP contribution in [0, 0.1) is 0 Å². The summed E-state index contributed by atoms with van der Waals surface area (Å²) in [7, 11) is 0. The molecule has 0 fully saturated rings. The fraction of sp³-hybridized carbons (Fsp3) is 0.263. The number of fused-ring (bicyclic) bond motifs is 2. The van der Waals surface area contributed by atoms with E-state index in [1.165, 1.54) is 0 Å². The predicted octanol–water partition coefficient (Wildman–Crippen LogP) is 3.20. The fourth-order valence-electron chi connectivity index (χ4n) is 3.26. The zero-order valence-corrected chi connectivity index (χ0v) is 13.7. The van der Waals surface area contributed by atoms with Gasteiger partial charge >= 0.3 is 0 Å². The van der Waals surface area contributed by atoms with Crippen LogP contribution in [0.15, 0.2) is 47.4 Å². The van der Waals surface area contributed by atoms with Gasteiger partial charge in [0.2, 0.25) is 5.56 Å². The van der Waals surface area contributed by atoms with E-state index in [4.69, 9.17) is 4.74 Å². The molecular formula is C19H19N3O2. The lowest BCUT2D eigenvalue weighted by Crippen LogP contribution is -2.37. The van der Waals surface area contributed by atoms with Gasteiger partial charge in [-0.2, -0.15) is 0 Å². The summed E-state index contributed by atoms with van der Waals surface area (Å²) in [5.74, 6) is 0.853. The number of aromatic nitrogens is 2. The van der Waals surface area contributed by atoms with Crippen molar-refractivity contribution < 1.29 is 4.74 Å². The molecule has 2 aromatic heterocycles. The van der Waals surface area contributed by atoms with Crippen molar-refractivity contribution >= 4 is 16.6 Å². The normalized spacial score (nSPS) is 13.9. The van der Waals surface area contributed by atoms with Crippen LogP contribution in [0.25, 0.3) is 22.2 Å². The third-order valence-electron chi connectivity index (χ3n) is 4.39. The number of hydrogen-bond donors (Lipinski definition) is 1. The Morgan fingerprint density at radius 1 is 1.25 bits per heavy atom. The summed E-state index contributed by atoms with van der Waals surface area (Å²) < 4.78 is 5.88. The Balaban J connectivity index is 1.99. The topological polar surface area (TPSA) is 58.2 Å². The molecule has 0 radical (unpaired) electrons. The number of anilines is 1. The van der Waals surface area contributed by atoms with Crippen molar-refractivity contribution in [1.82, 2.24) is 9.97 Å². The van der Waals surface area contributed by atoms with Crippen molar-refractivity contribution in [1.29, 1.82) is 0 Å². The van der Waals surface area contributed by atoms with Gasteiger partial charge in [0.1, 0.15) is 12.4 Å². The van der Waals surface area contributed by atoms with E-state index < -0.39 is 0 Å². The first-order valence-corrected chi connectivity index (χ1v) is 8.15. The number of aromatic amines is 1. The zero-order chi connectivity index (χ0) is 16.7. The molecule has 122 valence electrons. The highest BCUT2D eigenvalue weighted by Gasteiger charge is 2.22. The molecule has 0 bridgehead atoms. The molecule has 0 aliphatic carbocycles. The van der Waals surface area contributed by atoms with Gasteiger partial charge in [-0.15, -0.1) is 0 Å². The molecule has 0 saturated carbocycles. The molecule has 0 atom stereocenters. The van der Waals surface area contributed by atoms with Gasteiger partial charge in [0.25, 0.3) is 0 Å². The Morgan fingerprint density at radius 3 is 2.88 bits per heavy atom. The summed E-state index contributed by atoms with van der Waals surface area (Å²) >= 11 is 0. The molecule has 3 heterocycles. The van der Waals surface area contributed by atoms with Crippen molar-refractivity contribution in [2.75, 3.05) is 18.1 Å². The smallest absolute Gasteiger partial charge is 0.249 e. The lowest BCUT2D eigenvalue weighted by Gasteiger charge is -2.34. The molecule has 0 saturated heterocycles. The first-order chi connectivity index (χ1) is 11.6. The Bertz CT molecular complexity index is 948. The Kier molecular flexibility index (Phi) is 3.49. The van der Waals surface area contributed by atoms with Crippen molar-refractivity contribution in [3.8, 4) is 17.0 Å². The number of benzene rings is 1. The molecule has 0 spiro atoms. The van der Waals surface area contributed by atoms with Gasteiger partial charge in [0.05, 0.1) is 23.4 Å². The molecule has 5 heteroatoms. The van der Waals surface area contributed by atoms with Crippen molar-refractivity contribution in [3.63, 3.8) is 0 Å². The van der Waals surface area contributed by atoms with Gasteiger partial charge in [0, 0.05) is 29.3 Å². The van der Waals surface area contributed by atoms with E-state index >= 15 is 0 Å². The van der Waals surface area contributed by atoms with E-state index in [-0.39, 0.29) is 5.56 Å². The minimum absolute atomic E-state index is 0.129. The van der Waals surface area contributed by atoms with Gasteiger partial charge in [-0.1, -0.05) is 6.07 Å². The number of nitrogens with one attached hydrogen (secondary N) is 1. The SMILES string of the molecule is CC(C)N1CCOc2cc3c(-c4ccccn4)cc(=O)[nH]c3cc21. The first kappa shape index (κ1) is 14.8. The van der Waals surface area contributed by atoms with Crippen molar-refractivity contribution in [2.24, 2.45) is 0 Å². The molecule has 1 aliphatic rings. The first-order valence-electron chi connectivity index (χ1n) is 8.15. The van der Waals surface area contributed by atoms with E-state index in [0.717, 1.165) is 40.1 Å². The third-order valence-corrected chi connectivity index (χ3v) is 4.39. The summed E-state index contributed by atoms with van der Waals surface area (Å²) in [5, 5.41) is 0.942. The van der Waals surface area contributed by atoms with Crippen LogP contribution in [-0.2, 0) is 0 Å². The monoisotopic (exact) mass is 321 g/mol.